The largest absolute Gasteiger partial charge is 1.00 e. The van der Waals surface area contributed by atoms with Gasteiger partial charge in [0, 0.05) is 0 Å². The molecule has 0 saturated heterocycles. The van der Waals surface area contributed by atoms with Gasteiger partial charge in [-0.3, -0.25) is 4.48 Å². The van der Waals surface area contributed by atoms with Crippen molar-refractivity contribution in [2.75, 3.05) is 13.3 Å². The van der Waals surface area contributed by atoms with E-state index >= 15 is 0 Å². The molecule has 0 aliphatic carbocycles. The quantitative estimate of drug-likeness (QED) is 0.144. The molecule has 0 heterocycles. The molecule has 0 aromatic rings. The number of quaternary nitrogens is 1. The first-order chi connectivity index (χ1) is 9.83. The van der Waals surface area contributed by atoms with Crippen molar-refractivity contribution >= 4 is 11.9 Å². The number of unbranched alkanes of at least 4 members (excludes halogenated alkanes) is 2. The topological polar surface area (TPSA) is 97.7 Å². The molecule has 0 rings (SSSR count). The van der Waals surface area contributed by atoms with E-state index in [-0.39, 0.29) is 29.6 Å². The minimum Gasteiger partial charge on any atom is -0.544 e. The molecule has 7 heteroatoms. The molecule has 122 valence electrons. The summed E-state index contributed by atoms with van der Waals surface area (Å²) in [5.41, 5.74) is 0. The standard InChI is InChI=1S/C15H27NO5.Na/c1-4-5-6-7-8-9-10-16(11-17,12(2)14(18)19)13(3)15(20)21;/h5-6,12-13,17H,4,7-11H2,1-3H3,(H-,18,19,20,21);/q;+1/b6-5+;. The smallest absolute Gasteiger partial charge is 0.544 e. The number of hydrogen-bond acceptors (Lipinski definition) is 4. The Labute approximate surface area is 154 Å². The Hall–Kier alpha value is -0.400. The summed E-state index contributed by atoms with van der Waals surface area (Å²) in [6.45, 7) is 4.61. The zero-order chi connectivity index (χ0) is 16.5. The third-order valence-corrected chi connectivity index (χ3v) is 4.10. The summed E-state index contributed by atoms with van der Waals surface area (Å²) in [6, 6.07) is -2.08. The molecule has 0 aliphatic rings. The summed E-state index contributed by atoms with van der Waals surface area (Å²) in [7, 11) is 0. The molecular weight excluding hydrogens is 297 g/mol. The van der Waals surface area contributed by atoms with Crippen LogP contribution in [0.3, 0.4) is 0 Å². The van der Waals surface area contributed by atoms with Crippen LogP contribution < -0.4 is 34.7 Å². The Bertz CT molecular complexity index is 353. The molecule has 6 nitrogen and oxygen atoms in total. The number of carbonyl (C=O) groups excluding carboxylic acids is 1. The van der Waals surface area contributed by atoms with Gasteiger partial charge in [-0.05, 0) is 39.5 Å². The number of aliphatic hydroxyl groups is 1. The zero-order valence-corrected chi connectivity index (χ0v) is 16.1. The SMILES string of the molecule is CC/C=C/CCCC[N+](CO)(C(C)C(=O)[O-])C(C)C(=O)O.[Na+]. The molecule has 0 aromatic heterocycles. The van der Waals surface area contributed by atoms with Crippen molar-refractivity contribution in [3.8, 4) is 0 Å². The summed E-state index contributed by atoms with van der Waals surface area (Å²) in [6.07, 6.45) is 7.40. The number of allylic oxidation sites excluding steroid dienone is 2. The minimum absolute atomic E-state index is 0. The Morgan fingerprint density at radius 3 is 2.18 bits per heavy atom. The maximum absolute atomic E-state index is 11.3. The van der Waals surface area contributed by atoms with E-state index in [1.807, 2.05) is 6.92 Å². The summed E-state index contributed by atoms with van der Waals surface area (Å²) in [4.78, 5) is 22.4. The van der Waals surface area contributed by atoms with Crippen molar-refractivity contribution < 1.29 is 58.9 Å². The van der Waals surface area contributed by atoms with E-state index in [2.05, 4.69) is 12.2 Å². The minimum atomic E-state index is -1.34. The van der Waals surface area contributed by atoms with Crippen LogP contribution in [-0.4, -0.2) is 52.0 Å². The molecule has 0 bridgehead atoms. The van der Waals surface area contributed by atoms with Gasteiger partial charge in [0.05, 0.1) is 12.5 Å². The average Bonchev–Trinajstić information content (AvgIpc) is 2.45. The van der Waals surface area contributed by atoms with Gasteiger partial charge in [0.1, 0.15) is 6.04 Å². The molecular formula is C15H27NNaO5+. The van der Waals surface area contributed by atoms with Gasteiger partial charge in [-0.15, -0.1) is 0 Å². The van der Waals surface area contributed by atoms with Gasteiger partial charge in [0.25, 0.3) is 0 Å². The van der Waals surface area contributed by atoms with Crippen LogP contribution in [0.4, 0.5) is 0 Å². The van der Waals surface area contributed by atoms with Crippen molar-refractivity contribution in [2.24, 2.45) is 0 Å². The normalized spacial score (nSPS) is 16.5. The first kappa shape index (κ1) is 23.9. The molecule has 22 heavy (non-hydrogen) atoms. The second kappa shape index (κ2) is 12.1. The average molecular weight is 324 g/mol. The Balaban J connectivity index is 0. The first-order valence-electron chi connectivity index (χ1n) is 7.39. The van der Waals surface area contributed by atoms with Gasteiger partial charge >= 0.3 is 35.5 Å². The van der Waals surface area contributed by atoms with Crippen molar-refractivity contribution in [1.29, 1.82) is 0 Å². The van der Waals surface area contributed by atoms with E-state index in [0.717, 1.165) is 19.3 Å². The number of nitrogens with zero attached hydrogens (tertiary/aromatic N) is 1. The molecule has 0 fully saturated rings. The zero-order valence-electron chi connectivity index (χ0n) is 14.1. The number of rotatable bonds is 11. The van der Waals surface area contributed by atoms with Gasteiger partial charge in [-0.25, -0.2) is 4.79 Å². The van der Waals surface area contributed by atoms with E-state index in [1.54, 1.807) is 0 Å². The van der Waals surface area contributed by atoms with E-state index in [4.69, 9.17) is 0 Å². The van der Waals surface area contributed by atoms with Crippen LogP contribution in [0.1, 0.15) is 46.5 Å². The number of aliphatic hydroxyl groups excluding tert-OH is 1. The third kappa shape index (κ3) is 6.79. The van der Waals surface area contributed by atoms with Gasteiger partial charge in [0.2, 0.25) is 0 Å². The van der Waals surface area contributed by atoms with Crippen molar-refractivity contribution in [1.82, 2.24) is 0 Å². The Morgan fingerprint density at radius 2 is 1.77 bits per heavy atom. The Morgan fingerprint density at radius 1 is 1.18 bits per heavy atom. The predicted octanol–water partition coefficient (Wildman–Crippen LogP) is -2.49. The van der Waals surface area contributed by atoms with Crippen molar-refractivity contribution in [3.05, 3.63) is 12.2 Å². The maximum atomic E-state index is 11.3. The molecule has 0 spiro atoms. The monoisotopic (exact) mass is 324 g/mol. The van der Waals surface area contributed by atoms with Crippen molar-refractivity contribution in [3.63, 3.8) is 0 Å². The summed E-state index contributed by atoms with van der Waals surface area (Å²) in [5, 5.41) is 30.0. The van der Waals surface area contributed by atoms with Gasteiger partial charge in [-0.2, -0.15) is 0 Å². The molecule has 3 atom stereocenters. The van der Waals surface area contributed by atoms with Crippen LogP contribution in [0.15, 0.2) is 12.2 Å². The molecule has 0 aliphatic heterocycles. The number of hydrogen-bond donors (Lipinski definition) is 2. The predicted molar refractivity (Wildman–Crippen MR) is 77.1 cm³/mol. The van der Waals surface area contributed by atoms with Gasteiger partial charge < -0.3 is 20.1 Å². The number of carboxylic acids is 2. The number of aliphatic carboxylic acids is 2. The molecule has 3 unspecified atom stereocenters. The molecule has 2 N–H and O–H groups in total. The first-order valence-corrected chi connectivity index (χ1v) is 7.39. The van der Waals surface area contributed by atoms with Crippen molar-refractivity contribution in [2.45, 2.75) is 58.5 Å². The van der Waals surface area contributed by atoms with Crippen LogP contribution in [-0.2, 0) is 9.59 Å². The summed E-state index contributed by atoms with van der Waals surface area (Å²) >= 11 is 0. The van der Waals surface area contributed by atoms with Crippen LogP contribution >= 0.6 is 0 Å². The fraction of sp³-hybridized carbons (Fsp3) is 0.733. The van der Waals surface area contributed by atoms with Gasteiger partial charge in [0.15, 0.2) is 12.8 Å². The fourth-order valence-corrected chi connectivity index (χ4v) is 2.42. The molecule has 0 aromatic carbocycles. The second-order valence-electron chi connectivity index (χ2n) is 5.35. The van der Waals surface area contributed by atoms with E-state index in [1.165, 1.54) is 13.8 Å². The van der Waals surface area contributed by atoms with Gasteiger partial charge in [-0.1, -0.05) is 19.1 Å². The molecule has 0 saturated carbocycles. The summed E-state index contributed by atoms with van der Waals surface area (Å²) in [5.74, 6) is -2.47. The summed E-state index contributed by atoms with van der Waals surface area (Å²) < 4.78 is -0.408. The van der Waals surface area contributed by atoms with Crippen LogP contribution in [0.2, 0.25) is 0 Å². The van der Waals surface area contributed by atoms with Crippen LogP contribution in [0.25, 0.3) is 0 Å². The molecule has 0 radical (unpaired) electrons. The van der Waals surface area contributed by atoms with Crippen LogP contribution in [0.5, 0.6) is 0 Å². The third-order valence-electron chi connectivity index (χ3n) is 4.10. The van der Waals surface area contributed by atoms with Crippen LogP contribution in [0, 0.1) is 0 Å². The second-order valence-corrected chi connectivity index (χ2v) is 5.35. The number of carboxylic acid groups (broad SMARTS) is 2. The number of carbonyl (C=O) groups is 2. The van der Waals surface area contributed by atoms with E-state index < -0.39 is 35.2 Å². The van der Waals surface area contributed by atoms with E-state index in [0.29, 0.717) is 13.0 Å². The Kier molecular flexibility index (Phi) is 13.1. The molecule has 0 amide bonds. The fourth-order valence-electron chi connectivity index (χ4n) is 2.42. The maximum Gasteiger partial charge on any atom is 1.00 e. The van der Waals surface area contributed by atoms with E-state index in [9.17, 15) is 24.9 Å².